The fourth-order valence-electron chi connectivity index (χ4n) is 6.48. The van der Waals surface area contributed by atoms with E-state index in [9.17, 15) is 0 Å². The molecular weight excluding hydrogens is 757 g/mol. The summed E-state index contributed by atoms with van der Waals surface area (Å²) >= 11 is 0. The van der Waals surface area contributed by atoms with Crippen molar-refractivity contribution in [1.82, 2.24) is 0 Å². The second-order valence-electron chi connectivity index (χ2n) is 12.4. The molecule has 2 aliphatic rings. The maximum absolute atomic E-state index is 6.13. The predicted octanol–water partition coefficient (Wildman–Crippen LogP) is 10.2. The molecule has 6 heteroatoms. The minimum Gasteiger partial charge on any atom is -0.514 e. The zero-order valence-corrected chi connectivity index (χ0v) is 29.6. The van der Waals surface area contributed by atoms with Crippen LogP contribution in [0.5, 0.6) is 0 Å². The summed E-state index contributed by atoms with van der Waals surface area (Å²) in [7, 11) is 2.05. The van der Waals surface area contributed by atoms with Gasteiger partial charge in [-0.05, 0) is 53.8 Å². The zero-order chi connectivity index (χ0) is 31.8. The first kappa shape index (κ1) is 32.4. The van der Waals surface area contributed by atoms with E-state index in [1.165, 1.54) is 22.4 Å². The van der Waals surface area contributed by atoms with Crippen molar-refractivity contribution < 1.29 is 29.1 Å². The molecule has 0 fully saturated rings. The van der Waals surface area contributed by atoms with E-state index in [1.807, 2.05) is 48.7 Å². The van der Waals surface area contributed by atoms with Crippen molar-refractivity contribution in [2.24, 2.45) is 4.99 Å². The fourth-order valence-corrected chi connectivity index (χ4v) is 6.48. The van der Waals surface area contributed by atoms with E-state index < -0.39 is 0 Å². The van der Waals surface area contributed by atoms with E-state index in [0.717, 1.165) is 39.0 Å². The molecule has 0 saturated heterocycles. The van der Waals surface area contributed by atoms with Crippen LogP contribution in [0, 0.1) is 18.8 Å². The predicted molar refractivity (Wildman–Crippen MR) is 190 cm³/mol. The molecule has 0 bridgehead atoms. The van der Waals surface area contributed by atoms with Crippen LogP contribution in [0.3, 0.4) is 0 Å². The molecule has 1 radical (unpaired) electrons. The molecule has 1 unspecified atom stereocenters. The molecule has 0 aliphatic carbocycles. The molecule has 1 aromatic heterocycles. The van der Waals surface area contributed by atoms with E-state index in [1.54, 1.807) is 0 Å². The van der Waals surface area contributed by atoms with Gasteiger partial charge in [0, 0.05) is 42.4 Å². The maximum atomic E-state index is 6.13. The fraction of sp³-hybridized carbons (Fsp3) is 0.195. The zero-order valence-electron chi connectivity index (χ0n) is 27.2. The summed E-state index contributed by atoms with van der Waals surface area (Å²) in [5.74, 6) is 0.943. The minimum atomic E-state index is 0. The van der Waals surface area contributed by atoms with Crippen molar-refractivity contribution in [3.8, 4) is 0 Å². The summed E-state index contributed by atoms with van der Waals surface area (Å²) < 4.78 is 8.23. The van der Waals surface area contributed by atoms with Gasteiger partial charge in [-0.15, -0.1) is 0 Å². The number of aliphatic imine (C=N–C) groups is 1. The second-order valence-corrected chi connectivity index (χ2v) is 12.4. The number of benzene rings is 5. The summed E-state index contributed by atoms with van der Waals surface area (Å²) in [5, 5.41) is 2.26. The molecule has 0 N–H and O–H groups in total. The summed E-state index contributed by atoms with van der Waals surface area (Å²) in [5.41, 5.74) is 10.2. The number of nitrogens with zero attached hydrogens (tertiary/aromatic N) is 4. The van der Waals surface area contributed by atoms with Crippen LogP contribution in [-0.2, 0) is 20.1 Å². The van der Waals surface area contributed by atoms with Crippen LogP contribution < -0.4 is 9.80 Å². The average molecular weight is 794 g/mol. The topological polar surface area (TPSA) is 35.0 Å². The van der Waals surface area contributed by atoms with Crippen molar-refractivity contribution in [2.45, 2.75) is 45.6 Å². The monoisotopic (exact) mass is 794 g/mol. The standard InChI is InChI=1S/C21H23N2.C20H14N2O.Ir/c1-15(2)18-11-8-12-19(16(3)4)21(18)20-13-22-14-23(20)17-9-6-5-7-10-17;1-21-13-22(17-10-4-3-9-16(17)21)18-11-6-8-15-14-7-2-5-12-19(14)23-20(15)18;/h5-9,11-13,15-16,20H,1-4H3;2-10,12-13H,1H3;/q-1;-2;. The Labute approximate surface area is 291 Å². The summed E-state index contributed by atoms with van der Waals surface area (Å²) in [6, 6.07) is 41.9. The summed E-state index contributed by atoms with van der Waals surface area (Å²) in [6.45, 7) is 11.1. The molecule has 5 aromatic carbocycles. The van der Waals surface area contributed by atoms with Gasteiger partial charge in [0.15, 0.2) is 0 Å². The van der Waals surface area contributed by atoms with Crippen molar-refractivity contribution in [2.75, 3.05) is 16.8 Å². The van der Waals surface area contributed by atoms with Crippen LogP contribution in [0.1, 0.15) is 62.3 Å². The number of hydrogen-bond donors (Lipinski definition) is 0. The Hall–Kier alpha value is -4.51. The molecule has 5 nitrogen and oxygen atoms in total. The molecule has 8 rings (SSSR count). The van der Waals surface area contributed by atoms with Crippen molar-refractivity contribution >= 4 is 57.2 Å². The summed E-state index contributed by atoms with van der Waals surface area (Å²) in [4.78, 5) is 8.59. The van der Waals surface area contributed by atoms with Gasteiger partial charge in [-0.1, -0.05) is 93.0 Å². The van der Waals surface area contributed by atoms with Gasteiger partial charge in [-0.25, -0.2) is 6.07 Å². The number of fused-ring (bicyclic) bond motifs is 4. The summed E-state index contributed by atoms with van der Waals surface area (Å²) in [6.07, 6.45) is 5.12. The van der Waals surface area contributed by atoms with Crippen LogP contribution in [0.2, 0.25) is 0 Å². The Morgan fingerprint density at radius 3 is 2.19 bits per heavy atom. The third kappa shape index (κ3) is 6.04. The number of hydrogen-bond acceptors (Lipinski definition) is 4. The SMILES string of the molecule is CC(C)c1cccc(C(C)C)c1C1C=N[C-]=[N+]1c1[c-]cccc1.CN1[CH-]N(c2[c-]ccc3c2oc2ccccc23)c2ccccc21.[Ir]. The number of anilines is 3. The number of rotatable bonds is 5. The first-order valence-electron chi connectivity index (χ1n) is 15.9. The molecule has 47 heavy (non-hydrogen) atoms. The molecule has 239 valence electrons. The van der Waals surface area contributed by atoms with Crippen LogP contribution in [0.4, 0.5) is 22.7 Å². The van der Waals surface area contributed by atoms with Crippen LogP contribution >= 0.6 is 0 Å². The van der Waals surface area contributed by atoms with Gasteiger partial charge in [0.05, 0.1) is 6.21 Å². The molecule has 1 atom stereocenters. The quantitative estimate of drug-likeness (QED) is 0.129. The Morgan fingerprint density at radius 1 is 0.766 bits per heavy atom. The van der Waals surface area contributed by atoms with E-state index >= 15 is 0 Å². The normalized spacial score (nSPS) is 15.2. The first-order valence-corrected chi connectivity index (χ1v) is 15.9. The van der Waals surface area contributed by atoms with Gasteiger partial charge in [0.2, 0.25) is 6.34 Å². The number of para-hydroxylation sites is 4. The smallest absolute Gasteiger partial charge is 0.246 e. The third-order valence-electron chi connectivity index (χ3n) is 8.69. The molecule has 3 heterocycles. The van der Waals surface area contributed by atoms with E-state index in [4.69, 9.17) is 4.42 Å². The van der Waals surface area contributed by atoms with E-state index in [-0.39, 0.29) is 26.1 Å². The average Bonchev–Trinajstić information content (AvgIpc) is 3.81. The Morgan fingerprint density at radius 2 is 1.47 bits per heavy atom. The van der Waals surface area contributed by atoms with Crippen molar-refractivity contribution in [3.63, 3.8) is 0 Å². The van der Waals surface area contributed by atoms with Crippen molar-refractivity contribution in [3.05, 3.63) is 139 Å². The largest absolute Gasteiger partial charge is 0.514 e. The third-order valence-corrected chi connectivity index (χ3v) is 8.69. The van der Waals surface area contributed by atoms with Gasteiger partial charge in [-0.3, -0.25) is 0 Å². The Balaban J connectivity index is 0.000000161. The first-order chi connectivity index (χ1) is 22.4. The van der Waals surface area contributed by atoms with E-state index in [0.29, 0.717) is 11.8 Å². The van der Waals surface area contributed by atoms with Gasteiger partial charge in [0.1, 0.15) is 11.6 Å². The number of furan rings is 1. The molecule has 0 amide bonds. The Bertz CT molecular complexity index is 2050. The van der Waals surface area contributed by atoms with E-state index in [2.05, 4.69) is 140 Å². The van der Waals surface area contributed by atoms with Gasteiger partial charge in [-0.2, -0.15) is 54.1 Å². The molecule has 0 saturated carbocycles. The van der Waals surface area contributed by atoms with Gasteiger partial charge >= 0.3 is 0 Å². The molecule has 0 spiro atoms. The molecule has 6 aromatic rings. The van der Waals surface area contributed by atoms with Crippen LogP contribution in [0.15, 0.2) is 113 Å². The second kappa shape index (κ2) is 13.7. The van der Waals surface area contributed by atoms with Crippen molar-refractivity contribution in [1.29, 1.82) is 0 Å². The van der Waals surface area contributed by atoms with Gasteiger partial charge < -0.3 is 18.8 Å². The van der Waals surface area contributed by atoms with Gasteiger partial charge in [0.25, 0.3) is 0 Å². The van der Waals surface area contributed by atoms with Crippen LogP contribution in [0.25, 0.3) is 21.9 Å². The Kier molecular flexibility index (Phi) is 9.45. The maximum Gasteiger partial charge on any atom is 0.246 e. The van der Waals surface area contributed by atoms with Crippen LogP contribution in [-0.4, -0.2) is 24.2 Å². The molecule has 2 aliphatic heterocycles. The molecular formula is C41H37IrN4O-3. The minimum absolute atomic E-state index is 0.